The number of ketones is 1. The van der Waals surface area contributed by atoms with Crippen molar-refractivity contribution in [2.45, 2.75) is 123 Å². The van der Waals surface area contributed by atoms with Crippen LogP contribution in [0.25, 0.3) is 0 Å². The minimum atomic E-state index is -3.07. The van der Waals surface area contributed by atoms with Gasteiger partial charge in [-0.15, -0.1) is 0 Å². The van der Waals surface area contributed by atoms with Crippen LogP contribution in [0.2, 0.25) is 0 Å². The van der Waals surface area contributed by atoms with Gasteiger partial charge in [0.2, 0.25) is 10.0 Å². The van der Waals surface area contributed by atoms with Gasteiger partial charge in [0.25, 0.3) is 0 Å². The molecule has 0 amide bonds. The molecule has 3 fully saturated rings. The second-order valence-electron chi connectivity index (χ2n) is 13.5. The molecule has 4 rings (SSSR count). The predicted octanol–water partition coefficient (Wildman–Crippen LogP) is 6.17. The molecule has 3 saturated carbocycles. The second kappa shape index (κ2) is 10.8. The van der Waals surface area contributed by atoms with Crippen molar-refractivity contribution in [3.63, 3.8) is 0 Å². The van der Waals surface area contributed by atoms with Crippen LogP contribution in [0.3, 0.4) is 0 Å². The smallest absolute Gasteiger partial charge is 0.208 e. The highest BCUT2D eigenvalue weighted by Gasteiger charge is 2.64. The minimum Gasteiger partial charge on any atom is -0.390 e. The number of hydrogen-bond donors (Lipinski definition) is 2. The first-order chi connectivity index (χ1) is 16.9. The maximum Gasteiger partial charge on any atom is 0.208 e. The summed E-state index contributed by atoms with van der Waals surface area (Å²) >= 11 is 0. The van der Waals surface area contributed by atoms with Gasteiger partial charge in [0.1, 0.15) is 0 Å². The Kier molecular flexibility index (Phi) is 8.49. The van der Waals surface area contributed by atoms with Gasteiger partial charge in [-0.2, -0.15) is 0 Å². The number of rotatable bonds is 11. The lowest BCUT2D eigenvalue weighted by atomic mass is 9.44. The Labute approximate surface area is 220 Å². The summed E-state index contributed by atoms with van der Waals surface area (Å²) in [5.74, 6) is 2.91. The van der Waals surface area contributed by atoms with E-state index in [9.17, 15) is 18.3 Å². The van der Waals surface area contributed by atoms with Gasteiger partial charge in [-0.1, -0.05) is 57.9 Å². The lowest BCUT2D eigenvalue weighted by molar-refractivity contribution is -0.135. The Morgan fingerprint density at radius 1 is 0.944 bits per heavy atom. The van der Waals surface area contributed by atoms with E-state index < -0.39 is 15.6 Å². The maximum atomic E-state index is 12.4. The third-order valence-electron chi connectivity index (χ3n) is 11.3. The normalized spacial score (nSPS) is 40.4. The predicted molar refractivity (Wildman–Crippen MR) is 146 cm³/mol. The first-order valence-corrected chi connectivity index (χ1v) is 16.7. The SMILES string of the molecule is CC1(O)CC[C@H]2[C@@H]3C(CCCCCCCCCNS(C)(=O)=O)CC4=CC(=O)CC[C@]4(C)[C@@H]3CC[C@@]21C. The van der Waals surface area contributed by atoms with E-state index in [0.29, 0.717) is 42.4 Å². The molecule has 0 spiro atoms. The first-order valence-electron chi connectivity index (χ1n) is 14.8. The number of aliphatic hydroxyl groups is 1. The Morgan fingerprint density at radius 2 is 1.58 bits per heavy atom. The van der Waals surface area contributed by atoms with E-state index in [1.165, 1.54) is 56.8 Å². The molecular formula is C30H51NO4S. The van der Waals surface area contributed by atoms with E-state index in [0.717, 1.165) is 44.9 Å². The van der Waals surface area contributed by atoms with Crippen molar-refractivity contribution in [1.29, 1.82) is 0 Å². The maximum absolute atomic E-state index is 12.4. The standard InChI is InChI=1S/C30H51NO4S/c1-28-16-13-24(32)21-23(28)20-22(12-10-8-6-5-7-9-11-19-31-36(4,34)35)27-25(28)14-17-29(2)26(27)15-18-30(29,3)33/h21-22,25-27,31,33H,5-20H2,1-4H3/t22?,25-,26+,27-,28+,29+,30?/m1/s1. The lowest BCUT2D eigenvalue weighted by Crippen LogP contribution is -2.56. The van der Waals surface area contributed by atoms with Crippen LogP contribution in [-0.4, -0.2) is 37.7 Å². The molecule has 0 radical (unpaired) electrons. The zero-order valence-electron chi connectivity index (χ0n) is 23.3. The molecule has 0 aromatic rings. The average Bonchev–Trinajstić information content (AvgIpc) is 3.04. The summed E-state index contributed by atoms with van der Waals surface area (Å²) in [6, 6.07) is 0. The third kappa shape index (κ3) is 5.66. The molecule has 36 heavy (non-hydrogen) atoms. The van der Waals surface area contributed by atoms with Crippen LogP contribution < -0.4 is 4.72 Å². The third-order valence-corrected chi connectivity index (χ3v) is 12.0. The van der Waals surface area contributed by atoms with E-state index in [1.807, 2.05) is 6.08 Å². The average molecular weight is 522 g/mol. The minimum absolute atomic E-state index is 0.0282. The number of nitrogens with one attached hydrogen (secondary N) is 1. The van der Waals surface area contributed by atoms with Crippen molar-refractivity contribution < 1.29 is 18.3 Å². The van der Waals surface area contributed by atoms with Crippen molar-refractivity contribution in [2.75, 3.05) is 12.8 Å². The zero-order valence-corrected chi connectivity index (χ0v) is 24.1. The summed E-state index contributed by atoms with van der Waals surface area (Å²) in [5.41, 5.74) is 1.10. The molecule has 0 aromatic carbocycles. The molecule has 0 aliphatic heterocycles. The van der Waals surface area contributed by atoms with Crippen molar-refractivity contribution in [3.8, 4) is 0 Å². The fourth-order valence-corrected chi connectivity index (χ4v) is 9.43. The number of carbonyl (C=O) groups excluding carboxylic acids is 1. The van der Waals surface area contributed by atoms with Crippen LogP contribution in [0.1, 0.15) is 117 Å². The number of allylic oxidation sites excluding steroid dienone is 1. The van der Waals surface area contributed by atoms with Gasteiger partial charge in [-0.25, -0.2) is 13.1 Å². The van der Waals surface area contributed by atoms with Gasteiger partial charge in [-0.05, 0) is 98.9 Å². The highest BCUT2D eigenvalue weighted by Crippen LogP contribution is 2.69. The number of unbranched alkanes of at least 4 members (excludes halogenated alkanes) is 6. The summed E-state index contributed by atoms with van der Waals surface area (Å²) in [6.07, 6.45) is 19.8. The molecule has 4 aliphatic carbocycles. The fraction of sp³-hybridized carbons (Fsp3) is 0.900. The molecule has 7 atom stereocenters. The van der Waals surface area contributed by atoms with Gasteiger partial charge in [0, 0.05) is 13.0 Å². The number of sulfonamides is 1. The van der Waals surface area contributed by atoms with E-state index >= 15 is 0 Å². The molecule has 0 aromatic heterocycles. The molecule has 2 N–H and O–H groups in total. The Hall–Kier alpha value is -0.720. The Morgan fingerprint density at radius 3 is 2.28 bits per heavy atom. The van der Waals surface area contributed by atoms with Gasteiger partial charge in [0.15, 0.2) is 5.78 Å². The van der Waals surface area contributed by atoms with Crippen molar-refractivity contribution >= 4 is 15.8 Å². The molecule has 0 saturated heterocycles. The van der Waals surface area contributed by atoms with Crippen LogP contribution in [0.4, 0.5) is 0 Å². The lowest BCUT2D eigenvalue weighted by Gasteiger charge is -2.61. The van der Waals surface area contributed by atoms with E-state index in [2.05, 4.69) is 25.5 Å². The Bertz CT molecular complexity index is 941. The topological polar surface area (TPSA) is 83.5 Å². The first kappa shape index (κ1) is 28.3. The molecule has 0 heterocycles. The van der Waals surface area contributed by atoms with E-state index in [1.54, 1.807) is 0 Å². The molecule has 0 bridgehead atoms. The molecule has 206 valence electrons. The van der Waals surface area contributed by atoms with Gasteiger partial charge >= 0.3 is 0 Å². The van der Waals surface area contributed by atoms with Crippen molar-refractivity contribution in [1.82, 2.24) is 4.72 Å². The molecule has 2 unspecified atom stereocenters. The summed E-state index contributed by atoms with van der Waals surface area (Å²) in [6.45, 7) is 7.48. The summed E-state index contributed by atoms with van der Waals surface area (Å²) in [5, 5.41) is 11.4. The molecule has 5 nitrogen and oxygen atoms in total. The summed E-state index contributed by atoms with van der Waals surface area (Å²) in [4.78, 5) is 12.4. The monoisotopic (exact) mass is 521 g/mol. The van der Waals surface area contributed by atoms with Gasteiger partial charge in [-0.3, -0.25) is 4.79 Å². The second-order valence-corrected chi connectivity index (χ2v) is 15.3. The van der Waals surface area contributed by atoms with Gasteiger partial charge < -0.3 is 5.11 Å². The van der Waals surface area contributed by atoms with Gasteiger partial charge in [0.05, 0.1) is 11.9 Å². The fourth-order valence-electron chi connectivity index (χ4n) is 8.92. The number of fused-ring (bicyclic) bond motifs is 5. The van der Waals surface area contributed by atoms with E-state index in [-0.39, 0.29) is 10.8 Å². The Balaban J connectivity index is 1.34. The van der Waals surface area contributed by atoms with Crippen molar-refractivity contribution in [2.24, 2.45) is 34.5 Å². The molecule has 4 aliphatic rings. The molecular weight excluding hydrogens is 470 g/mol. The summed E-state index contributed by atoms with van der Waals surface area (Å²) < 4.78 is 24.8. The summed E-state index contributed by atoms with van der Waals surface area (Å²) in [7, 11) is -3.07. The van der Waals surface area contributed by atoms with Crippen LogP contribution in [0.5, 0.6) is 0 Å². The highest BCUT2D eigenvalue weighted by atomic mass is 32.2. The zero-order chi connectivity index (χ0) is 26.2. The number of carbonyl (C=O) groups is 1. The quantitative estimate of drug-likeness (QED) is 0.319. The molecule has 6 heteroatoms. The van der Waals surface area contributed by atoms with E-state index in [4.69, 9.17) is 0 Å². The van der Waals surface area contributed by atoms with Crippen LogP contribution >= 0.6 is 0 Å². The van der Waals surface area contributed by atoms with Crippen LogP contribution in [-0.2, 0) is 14.8 Å². The van der Waals surface area contributed by atoms with Crippen LogP contribution in [0.15, 0.2) is 11.6 Å². The highest BCUT2D eigenvalue weighted by molar-refractivity contribution is 7.88. The van der Waals surface area contributed by atoms with Crippen LogP contribution in [0, 0.1) is 34.5 Å². The largest absolute Gasteiger partial charge is 0.390 e. The number of hydrogen-bond acceptors (Lipinski definition) is 4. The van der Waals surface area contributed by atoms with Crippen molar-refractivity contribution in [3.05, 3.63) is 11.6 Å².